The van der Waals surface area contributed by atoms with E-state index in [2.05, 4.69) is 4.74 Å². The number of furan rings is 1. The van der Waals surface area contributed by atoms with Crippen LogP contribution in [0.15, 0.2) is 91.6 Å². The number of aromatic hydroxyl groups is 1. The van der Waals surface area contributed by atoms with Gasteiger partial charge in [-0.2, -0.15) is 0 Å². The molecule has 0 bridgehead atoms. The van der Waals surface area contributed by atoms with Crippen molar-refractivity contribution < 1.29 is 52.7 Å². The number of esters is 1. The average molecular weight is 707 g/mol. The number of hydrogen-bond acceptors (Lipinski definition) is 12. The van der Waals surface area contributed by atoms with E-state index in [1.54, 1.807) is 36.4 Å². The molecule has 12 nitrogen and oxygen atoms in total. The molecule has 264 valence electrons. The molecular weight excluding hydrogens is 668 g/mol. The predicted octanol–water partition coefficient (Wildman–Crippen LogP) is 7.65. The van der Waals surface area contributed by atoms with Gasteiger partial charge in [0.15, 0.2) is 11.2 Å². The molecule has 0 saturated heterocycles. The van der Waals surface area contributed by atoms with Gasteiger partial charge < -0.3 is 38.4 Å². The number of aliphatic hydroxyl groups excluding tert-OH is 1. The number of Topliss-reactive ketones (excluding diaryl/α,β-unsaturated/α-hetero) is 1. The Hall–Kier alpha value is -5.27. The SMILES string of the molecule is CCCc1c(OCCCC/C=C\C=C\[C@H](Sc2ccc3c(=O)cc(OC(=O)O)oc3c2)[C@H](O)c2coc(C(=O)OC)c2)ccc(C(C)=O)c1O. The summed E-state index contributed by atoms with van der Waals surface area (Å²) in [6.45, 7) is 3.85. The number of hydrogen-bond donors (Lipinski definition) is 3. The smallest absolute Gasteiger partial charge is 0.507 e. The lowest BCUT2D eigenvalue weighted by molar-refractivity contribution is 0.0564. The molecule has 3 N–H and O–H groups in total. The van der Waals surface area contributed by atoms with Crippen molar-refractivity contribution in [3.8, 4) is 17.4 Å². The van der Waals surface area contributed by atoms with Crippen molar-refractivity contribution in [3.63, 3.8) is 0 Å². The fraction of sp³-hybridized carbons (Fsp3) is 0.297. The molecule has 0 aliphatic rings. The Kier molecular flexibility index (Phi) is 13.5. The van der Waals surface area contributed by atoms with Crippen LogP contribution in [0.5, 0.6) is 17.4 Å². The van der Waals surface area contributed by atoms with E-state index < -0.39 is 34.9 Å². The molecule has 13 heteroatoms. The molecule has 4 aromatic rings. The number of rotatable bonds is 17. The molecule has 0 saturated carbocycles. The summed E-state index contributed by atoms with van der Waals surface area (Å²) in [5.41, 5.74) is 0.886. The van der Waals surface area contributed by atoms with Crippen LogP contribution in [0.3, 0.4) is 0 Å². The molecule has 2 atom stereocenters. The van der Waals surface area contributed by atoms with E-state index >= 15 is 0 Å². The van der Waals surface area contributed by atoms with Crippen molar-refractivity contribution in [1.82, 2.24) is 0 Å². The number of benzene rings is 2. The minimum Gasteiger partial charge on any atom is -0.507 e. The van der Waals surface area contributed by atoms with E-state index in [1.807, 2.05) is 19.1 Å². The summed E-state index contributed by atoms with van der Waals surface area (Å²) in [4.78, 5) is 47.7. The molecule has 0 aliphatic heterocycles. The number of carbonyl (C=O) groups excluding carboxylic acids is 2. The highest BCUT2D eigenvalue weighted by atomic mass is 32.2. The number of thioether (sulfide) groups is 1. The van der Waals surface area contributed by atoms with Gasteiger partial charge in [0, 0.05) is 16.0 Å². The highest BCUT2D eigenvalue weighted by Gasteiger charge is 2.24. The summed E-state index contributed by atoms with van der Waals surface area (Å²) in [6, 6.07) is 10.4. The number of ketones is 1. The van der Waals surface area contributed by atoms with Crippen molar-refractivity contribution >= 4 is 40.6 Å². The van der Waals surface area contributed by atoms with Crippen LogP contribution in [-0.4, -0.2) is 52.2 Å². The second-order valence-electron chi connectivity index (χ2n) is 11.1. The molecule has 0 radical (unpaired) electrons. The lowest BCUT2D eigenvalue weighted by atomic mass is 10.0. The van der Waals surface area contributed by atoms with Gasteiger partial charge in [-0.1, -0.05) is 37.6 Å². The lowest BCUT2D eigenvalue weighted by Gasteiger charge is -2.18. The average Bonchev–Trinajstić information content (AvgIpc) is 3.57. The fourth-order valence-corrected chi connectivity index (χ4v) is 6.11. The van der Waals surface area contributed by atoms with Crippen molar-refractivity contribution in [2.45, 2.75) is 62.2 Å². The third-order valence-electron chi connectivity index (χ3n) is 7.49. The summed E-state index contributed by atoms with van der Waals surface area (Å²) in [6.07, 6.45) is 9.62. The third kappa shape index (κ3) is 9.89. The van der Waals surface area contributed by atoms with Crippen molar-refractivity contribution in [3.05, 3.63) is 106 Å². The van der Waals surface area contributed by atoms with Gasteiger partial charge in [0.05, 0.1) is 48.3 Å². The number of phenols is 1. The van der Waals surface area contributed by atoms with Gasteiger partial charge in [-0.05, 0) is 69.0 Å². The first kappa shape index (κ1) is 37.5. The third-order valence-corrected chi connectivity index (χ3v) is 8.70. The van der Waals surface area contributed by atoms with Gasteiger partial charge in [0.1, 0.15) is 17.1 Å². The number of phenolic OH excluding ortho intramolecular Hbond substituents is 1. The Bertz CT molecular complexity index is 1940. The first-order valence-electron chi connectivity index (χ1n) is 15.8. The Balaban J connectivity index is 1.42. The maximum absolute atomic E-state index is 12.4. The fourth-order valence-electron chi connectivity index (χ4n) is 5.02. The van der Waals surface area contributed by atoms with E-state index in [-0.39, 0.29) is 33.8 Å². The number of carboxylic acid groups (broad SMARTS) is 1. The Morgan fingerprint density at radius 3 is 2.58 bits per heavy atom. The summed E-state index contributed by atoms with van der Waals surface area (Å²) >= 11 is 1.24. The number of allylic oxidation sites excluding steroid dienone is 3. The second-order valence-corrected chi connectivity index (χ2v) is 12.4. The van der Waals surface area contributed by atoms with E-state index in [9.17, 15) is 29.4 Å². The van der Waals surface area contributed by atoms with Crippen LogP contribution in [-0.2, 0) is 11.2 Å². The first-order valence-corrected chi connectivity index (χ1v) is 16.7. The molecule has 0 unspecified atom stereocenters. The topological polar surface area (TPSA) is 183 Å². The van der Waals surface area contributed by atoms with E-state index in [1.165, 1.54) is 44.2 Å². The molecule has 2 heterocycles. The first-order chi connectivity index (χ1) is 24.0. The summed E-state index contributed by atoms with van der Waals surface area (Å²) in [5.74, 6) is -0.866. The molecule has 0 spiro atoms. The van der Waals surface area contributed by atoms with Crippen molar-refractivity contribution in [2.75, 3.05) is 13.7 Å². The normalized spacial score (nSPS) is 12.7. The highest BCUT2D eigenvalue weighted by Crippen LogP contribution is 2.36. The van der Waals surface area contributed by atoms with Crippen molar-refractivity contribution in [2.24, 2.45) is 0 Å². The zero-order valence-electron chi connectivity index (χ0n) is 27.7. The van der Waals surface area contributed by atoms with Crippen LogP contribution in [0.1, 0.15) is 77.7 Å². The monoisotopic (exact) mass is 706 g/mol. The van der Waals surface area contributed by atoms with Gasteiger partial charge in [-0.15, -0.1) is 11.8 Å². The van der Waals surface area contributed by atoms with Crippen LogP contribution in [0, 0.1) is 0 Å². The van der Waals surface area contributed by atoms with E-state index in [0.717, 1.165) is 31.7 Å². The zero-order chi connectivity index (χ0) is 36.2. The summed E-state index contributed by atoms with van der Waals surface area (Å²) < 4.78 is 25.9. The van der Waals surface area contributed by atoms with Crippen LogP contribution in [0.4, 0.5) is 4.79 Å². The molecule has 50 heavy (non-hydrogen) atoms. The maximum atomic E-state index is 12.4. The molecule has 2 aromatic heterocycles. The summed E-state index contributed by atoms with van der Waals surface area (Å²) in [7, 11) is 1.22. The zero-order valence-corrected chi connectivity index (χ0v) is 28.6. The van der Waals surface area contributed by atoms with Crippen LogP contribution >= 0.6 is 11.8 Å². The summed E-state index contributed by atoms with van der Waals surface area (Å²) in [5, 5.41) is 30.4. The Morgan fingerprint density at radius 2 is 1.86 bits per heavy atom. The minimum atomic E-state index is -1.63. The predicted molar refractivity (Wildman–Crippen MR) is 186 cm³/mol. The molecule has 0 aliphatic carbocycles. The molecular formula is C37H38O12S. The van der Waals surface area contributed by atoms with Gasteiger partial charge in [-0.25, -0.2) is 9.59 Å². The number of aliphatic hydroxyl groups is 1. The molecule has 4 rings (SSSR count). The lowest BCUT2D eigenvalue weighted by Crippen LogP contribution is -2.12. The highest BCUT2D eigenvalue weighted by molar-refractivity contribution is 8.00. The molecule has 2 aromatic carbocycles. The molecule has 0 fully saturated rings. The quantitative estimate of drug-likeness (QED) is 0.0320. The van der Waals surface area contributed by atoms with Gasteiger partial charge >= 0.3 is 12.1 Å². The second kappa shape index (κ2) is 17.9. The van der Waals surface area contributed by atoms with Gasteiger partial charge in [0.25, 0.3) is 5.95 Å². The number of ether oxygens (including phenoxy) is 3. The van der Waals surface area contributed by atoms with E-state index in [4.69, 9.17) is 23.4 Å². The number of carbonyl (C=O) groups is 3. The van der Waals surface area contributed by atoms with E-state index in [0.29, 0.717) is 34.8 Å². The number of methoxy groups -OCH3 is 1. The maximum Gasteiger partial charge on any atom is 0.513 e. The van der Waals surface area contributed by atoms with Crippen molar-refractivity contribution in [1.29, 1.82) is 0 Å². The Morgan fingerprint density at radius 1 is 1.06 bits per heavy atom. The van der Waals surface area contributed by atoms with Crippen LogP contribution in [0.2, 0.25) is 0 Å². The Labute approximate surface area is 292 Å². The number of unbranched alkanes of at least 4 members (excludes halogenated alkanes) is 2. The van der Waals surface area contributed by atoms with Crippen LogP contribution in [0.25, 0.3) is 11.0 Å². The van der Waals surface area contributed by atoms with Gasteiger partial charge in [0.2, 0.25) is 5.76 Å². The van der Waals surface area contributed by atoms with Crippen LogP contribution < -0.4 is 14.9 Å². The number of fused-ring (bicyclic) bond motifs is 1. The van der Waals surface area contributed by atoms with Gasteiger partial charge in [-0.3, -0.25) is 9.59 Å². The minimum absolute atomic E-state index is 0.0171. The largest absolute Gasteiger partial charge is 0.513 e. The standard InChI is InChI=1S/C37H38O12S/c1-4-11-27-29(16-15-25(22(2)38)35(27)41)46-17-10-8-6-5-7-9-12-32(34(40)23-18-31(47-21-23)36(42)45-3)50-24-13-14-26-28(39)20-33(49-37(43)44)48-30(26)19-24/h5,7,9,12-16,18-21,32,34,40-41H,4,6,8,10-11,17H2,1-3H3,(H,43,44)/b7-5-,12-9+/t32-,34+/m0/s1. The molecule has 0 amide bonds.